The Bertz CT molecular complexity index is 1060. The molecule has 0 saturated heterocycles. The average Bonchev–Trinajstić information content (AvgIpc) is 3.56. The van der Waals surface area contributed by atoms with Gasteiger partial charge in [0.15, 0.2) is 11.6 Å². The van der Waals surface area contributed by atoms with Gasteiger partial charge in [-0.2, -0.15) is 0 Å². The first-order chi connectivity index (χ1) is 15.1. The van der Waals surface area contributed by atoms with E-state index in [1.807, 2.05) is 13.8 Å². The number of nitrogens with one attached hydrogen (secondary N) is 2. The van der Waals surface area contributed by atoms with E-state index in [0.29, 0.717) is 18.4 Å². The van der Waals surface area contributed by atoms with Crippen LogP contribution < -0.4 is 14.8 Å². The van der Waals surface area contributed by atoms with Crippen molar-refractivity contribution >= 4 is 27.1 Å². The quantitative estimate of drug-likeness (QED) is 0.463. The van der Waals surface area contributed by atoms with Gasteiger partial charge < -0.3 is 15.2 Å². The number of sulfonamides is 1. The van der Waals surface area contributed by atoms with Crippen molar-refractivity contribution in [3.8, 4) is 5.75 Å². The predicted molar refractivity (Wildman–Crippen MR) is 120 cm³/mol. The Morgan fingerprint density at radius 2 is 1.75 bits per heavy atom. The van der Waals surface area contributed by atoms with E-state index in [2.05, 4.69) is 10.0 Å². The number of aliphatic hydroxyl groups is 1. The van der Waals surface area contributed by atoms with Crippen LogP contribution in [-0.4, -0.2) is 32.0 Å². The summed E-state index contributed by atoms with van der Waals surface area (Å²) in [4.78, 5) is 0. The van der Waals surface area contributed by atoms with Crippen LogP contribution in [0.3, 0.4) is 0 Å². The van der Waals surface area contributed by atoms with Crippen LogP contribution in [0.15, 0.2) is 24.3 Å². The van der Waals surface area contributed by atoms with Crippen LogP contribution in [0.5, 0.6) is 5.75 Å². The van der Waals surface area contributed by atoms with Gasteiger partial charge in [0.25, 0.3) is 0 Å². The van der Waals surface area contributed by atoms with Crippen LogP contribution in [0.25, 0.3) is 0 Å². The van der Waals surface area contributed by atoms with Gasteiger partial charge in [0.2, 0.25) is 10.0 Å². The highest BCUT2D eigenvalue weighted by molar-refractivity contribution is 7.94. The Morgan fingerprint density at radius 1 is 1.09 bits per heavy atom. The lowest BCUT2D eigenvalue weighted by Gasteiger charge is -2.22. The summed E-state index contributed by atoms with van der Waals surface area (Å²) in [7, 11) is -2.85. The molecule has 0 aliphatic heterocycles. The molecule has 3 N–H and O–H groups in total. The molecule has 0 radical (unpaired) electrons. The second-order valence-corrected chi connectivity index (χ2v) is 9.43. The fourth-order valence-electron chi connectivity index (χ4n) is 3.28. The van der Waals surface area contributed by atoms with Gasteiger partial charge in [-0.25, -0.2) is 21.6 Å². The van der Waals surface area contributed by atoms with E-state index in [0.717, 1.165) is 6.07 Å². The number of hydrogen-bond donors (Lipinski definition) is 3. The lowest BCUT2D eigenvalue weighted by atomic mass is 10.2. The number of methoxy groups -OCH3 is 1. The van der Waals surface area contributed by atoms with Crippen LogP contribution in [-0.2, 0) is 10.0 Å². The summed E-state index contributed by atoms with van der Waals surface area (Å²) in [6.45, 7) is 5.50. The molecule has 1 fully saturated rings. The Labute approximate surface area is 186 Å². The Morgan fingerprint density at radius 3 is 2.28 bits per heavy atom. The minimum absolute atomic E-state index is 0.158. The highest BCUT2D eigenvalue weighted by Crippen LogP contribution is 2.49. The predicted octanol–water partition coefficient (Wildman–Crippen LogP) is 5.24. The third kappa shape index (κ3) is 5.29. The maximum atomic E-state index is 14.7. The molecule has 0 spiro atoms. The molecule has 2 aromatic rings. The van der Waals surface area contributed by atoms with Gasteiger partial charge in [0, 0.05) is 12.7 Å². The van der Waals surface area contributed by atoms with Gasteiger partial charge in [-0.15, -0.1) is 0 Å². The molecule has 10 heteroatoms. The lowest BCUT2D eigenvalue weighted by Crippen LogP contribution is -2.30. The fraction of sp³-hybridized carbons (Fsp3) is 0.455. The molecular formula is C22H29F3N2O4S. The van der Waals surface area contributed by atoms with E-state index in [4.69, 9.17) is 9.84 Å². The zero-order chi connectivity index (χ0) is 24.1. The normalized spacial score (nSPS) is 14.2. The highest BCUT2D eigenvalue weighted by atomic mass is 32.2. The monoisotopic (exact) mass is 474 g/mol. The zero-order valence-electron chi connectivity index (χ0n) is 18.6. The number of aryl methyl sites for hydroxylation is 1. The van der Waals surface area contributed by atoms with E-state index in [9.17, 15) is 21.6 Å². The zero-order valence-corrected chi connectivity index (χ0v) is 19.4. The minimum atomic E-state index is -4.03. The van der Waals surface area contributed by atoms with Crippen molar-refractivity contribution in [3.05, 3.63) is 47.3 Å². The number of ether oxygens (including phenoxy) is 1. The summed E-state index contributed by atoms with van der Waals surface area (Å²) in [6.07, 6.45) is 1.27. The van der Waals surface area contributed by atoms with E-state index in [1.54, 1.807) is 13.0 Å². The summed E-state index contributed by atoms with van der Waals surface area (Å²) in [5.41, 5.74) is -0.479. The number of rotatable bonds is 9. The molecule has 0 amide bonds. The molecule has 32 heavy (non-hydrogen) atoms. The smallest absolute Gasteiger partial charge is 0.238 e. The number of halogens is 3. The van der Waals surface area contributed by atoms with Crippen LogP contribution in [0, 0.1) is 24.4 Å². The molecule has 1 aliphatic rings. The summed E-state index contributed by atoms with van der Waals surface area (Å²) >= 11 is 0. The van der Waals surface area contributed by atoms with Gasteiger partial charge in [0.05, 0.1) is 17.5 Å². The van der Waals surface area contributed by atoms with Crippen LogP contribution in [0.1, 0.15) is 45.1 Å². The molecule has 178 valence electrons. The average molecular weight is 475 g/mol. The molecule has 2 aromatic carbocycles. The summed E-state index contributed by atoms with van der Waals surface area (Å²) in [5.74, 6) is -3.64. The molecule has 0 aromatic heterocycles. The van der Waals surface area contributed by atoms with E-state index in [1.165, 1.54) is 19.2 Å². The summed E-state index contributed by atoms with van der Waals surface area (Å²) < 4.78 is 75.4. The largest absolute Gasteiger partial charge is 0.494 e. The molecule has 6 nitrogen and oxygen atoms in total. The van der Waals surface area contributed by atoms with Crippen LogP contribution in [0.2, 0.25) is 0 Å². The molecule has 0 heterocycles. The molecule has 3 rings (SSSR count). The first-order valence-electron chi connectivity index (χ1n) is 10.4. The van der Waals surface area contributed by atoms with Crippen molar-refractivity contribution in [2.75, 3.05) is 23.8 Å². The lowest BCUT2D eigenvalue weighted by molar-refractivity contribution is 0.282. The van der Waals surface area contributed by atoms with Crippen molar-refractivity contribution in [3.63, 3.8) is 0 Å². The molecule has 0 bridgehead atoms. The first kappa shape index (κ1) is 25.8. The highest BCUT2D eigenvalue weighted by Gasteiger charge is 2.54. The SMILES string of the molecule is CC.COc1cc(F)c(F)c(Nc2ccc(C)cc2F)c1NS(=O)(=O)C1(CCCO)CC1. The molecule has 0 atom stereocenters. The number of anilines is 3. The number of benzene rings is 2. The van der Waals surface area contributed by atoms with Crippen molar-refractivity contribution in [1.82, 2.24) is 0 Å². The van der Waals surface area contributed by atoms with Gasteiger partial charge in [0.1, 0.15) is 22.9 Å². The Balaban J connectivity index is 0.00000176. The summed E-state index contributed by atoms with van der Waals surface area (Å²) in [5, 5.41) is 11.5. The maximum Gasteiger partial charge on any atom is 0.238 e. The Kier molecular flexibility index (Phi) is 8.41. The van der Waals surface area contributed by atoms with Crippen molar-refractivity contribution in [2.45, 2.75) is 51.2 Å². The van der Waals surface area contributed by atoms with Gasteiger partial charge in [-0.3, -0.25) is 4.72 Å². The minimum Gasteiger partial charge on any atom is -0.494 e. The van der Waals surface area contributed by atoms with Gasteiger partial charge in [-0.1, -0.05) is 19.9 Å². The molecular weight excluding hydrogens is 445 g/mol. The summed E-state index contributed by atoms with van der Waals surface area (Å²) in [6, 6.07) is 4.83. The van der Waals surface area contributed by atoms with Crippen molar-refractivity contribution in [1.29, 1.82) is 0 Å². The molecule has 1 aliphatic carbocycles. The molecule has 0 unspecified atom stereocenters. The second kappa shape index (κ2) is 10.4. The molecule has 1 saturated carbocycles. The van der Waals surface area contributed by atoms with Gasteiger partial charge in [-0.05, 0) is 50.3 Å². The van der Waals surface area contributed by atoms with Gasteiger partial charge >= 0.3 is 0 Å². The van der Waals surface area contributed by atoms with Crippen LogP contribution in [0.4, 0.5) is 30.2 Å². The standard InChI is InChI=1S/C20H23F3N2O4S.C2H6/c1-12-4-5-15(13(21)10-12)24-19-17(23)14(22)11-16(29-2)18(19)25-30(27,28)20(7-8-20)6-3-9-26;1-2/h4-5,10-11,24-26H,3,6-9H2,1-2H3;1-2H3. The van der Waals surface area contributed by atoms with Crippen molar-refractivity contribution in [2.24, 2.45) is 0 Å². The fourth-order valence-corrected chi connectivity index (χ4v) is 5.02. The second-order valence-electron chi connectivity index (χ2n) is 7.35. The maximum absolute atomic E-state index is 14.7. The van der Waals surface area contributed by atoms with Crippen molar-refractivity contribution < 1.29 is 31.4 Å². The van der Waals surface area contributed by atoms with Crippen LogP contribution >= 0.6 is 0 Å². The first-order valence-corrected chi connectivity index (χ1v) is 11.8. The van der Waals surface area contributed by atoms with E-state index in [-0.39, 0.29) is 36.6 Å². The van der Waals surface area contributed by atoms with E-state index >= 15 is 0 Å². The number of aliphatic hydroxyl groups excluding tert-OH is 1. The Hall–Kier alpha value is -2.46. The third-order valence-electron chi connectivity index (χ3n) is 5.19. The third-order valence-corrected chi connectivity index (χ3v) is 7.42. The van der Waals surface area contributed by atoms with E-state index < -0.39 is 37.9 Å². The topological polar surface area (TPSA) is 87.7 Å². The number of hydrogen-bond acceptors (Lipinski definition) is 5.